The number of hydrogen-bond donors (Lipinski definition) is 1. The Kier molecular flexibility index (Phi) is 6.67. The highest BCUT2D eigenvalue weighted by molar-refractivity contribution is 6.29. The number of hydrogen-bond acceptors (Lipinski definition) is 3. The molecule has 132 valence electrons. The molecule has 1 aromatic carbocycles. The van der Waals surface area contributed by atoms with Crippen LogP contribution in [0.4, 0.5) is 5.69 Å². The van der Waals surface area contributed by atoms with Crippen molar-refractivity contribution in [1.29, 1.82) is 0 Å². The zero-order valence-electron chi connectivity index (χ0n) is 14.5. The highest BCUT2D eigenvalue weighted by atomic mass is 35.5. The maximum atomic E-state index is 12.7. The fourth-order valence-electron chi connectivity index (χ4n) is 3.40. The van der Waals surface area contributed by atoms with Crippen molar-refractivity contribution in [3.8, 4) is 0 Å². The molecule has 1 aromatic rings. The van der Waals surface area contributed by atoms with Crippen LogP contribution in [0.1, 0.15) is 50.4 Å². The molecule has 0 saturated heterocycles. The number of halogens is 1. The predicted octanol–water partition coefficient (Wildman–Crippen LogP) is 4.48. The Bertz CT molecular complexity index is 588. The first kappa shape index (κ1) is 18.8. The molecule has 0 aliphatic heterocycles. The van der Waals surface area contributed by atoms with E-state index in [1.165, 1.54) is 6.42 Å². The summed E-state index contributed by atoms with van der Waals surface area (Å²) in [5.41, 5.74) is 0.815. The van der Waals surface area contributed by atoms with Gasteiger partial charge in [-0.3, -0.25) is 4.79 Å². The molecule has 0 bridgehead atoms. The van der Waals surface area contributed by atoms with E-state index in [4.69, 9.17) is 16.3 Å². The lowest BCUT2D eigenvalue weighted by Crippen LogP contribution is -2.36. The first-order valence-corrected chi connectivity index (χ1v) is 9.11. The lowest BCUT2D eigenvalue weighted by molar-refractivity contribution is -0.113. The van der Waals surface area contributed by atoms with Crippen molar-refractivity contribution in [2.75, 3.05) is 11.2 Å². The van der Waals surface area contributed by atoms with Gasteiger partial charge in [-0.1, -0.05) is 39.3 Å². The smallest absolute Gasteiger partial charge is 0.340 e. The highest BCUT2D eigenvalue weighted by Gasteiger charge is 2.34. The maximum Gasteiger partial charge on any atom is 0.340 e. The van der Waals surface area contributed by atoms with Crippen molar-refractivity contribution in [3.05, 3.63) is 29.8 Å². The minimum Gasteiger partial charge on any atom is -0.458 e. The summed E-state index contributed by atoms with van der Waals surface area (Å²) < 4.78 is 5.85. The van der Waals surface area contributed by atoms with Gasteiger partial charge in [0.05, 0.1) is 11.3 Å². The lowest BCUT2D eigenvalue weighted by atomic mass is 9.75. The van der Waals surface area contributed by atoms with Crippen molar-refractivity contribution in [2.24, 2.45) is 17.8 Å². The van der Waals surface area contributed by atoms with E-state index in [-0.39, 0.29) is 23.9 Å². The van der Waals surface area contributed by atoms with E-state index in [0.29, 0.717) is 29.0 Å². The number of anilines is 1. The maximum absolute atomic E-state index is 12.7. The average Bonchev–Trinajstić information content (AvgIpc) is 2.54. The topological polar surface area (TPSA) is 55.4 Å². The van der Waals surface area contributed by atoms with Crippen molar-refractivity contribution >= 4 is 29.2 Å². The van der Waals surface area contributed by atoms with Crippen molar-refractivity contribution < 1.29 is 14.3 Å². The third-order valence-electron chi connectivity index (χ3n) is 4.76. The van der Waals surface area contributed by atoms with Gasteiger partial charge in [0.15, 0.2) is 0 Å². The molecule has 5 heteroatoms. The zero-order chi connectivity index (χ0) is 17.7. The molecule has 3 atom stereocenters. The minimum absolute atomic E-state index is 0.0713. The number of rotatable bonds is 5. The van der Waals surface area contributed by atoms with Crippen LogP contribution in [-0.2, 0) is 9.53 Å². The van der Waals surface area contributed by atoms with Crippen LogP contribution in [0.15, 0.2) is 24.3 Å². The number of benzene rings is 1. The second-order valence-electron chi connectivity index (χ2n) is 7.00. The second kappa shape index (κ2) is 8.52. The summed E-state index contributed by atoms with van der Waals surface area (Å²) >= 11 is 5.53. The average molecular weight is 352 g/mol. The normalized spacial score (nSPS) is 23.8. The molecular weight excluding hydrogens is 326 g/mol. The Morgan fingerprint density at radius 2 is 2.00 bits per heavy atom. The summed E-state index contributed by atoms with van der Waals surface area (Å²) in [5.74, 6) is 0.535. The molecule has 0 aromatic heterocycles. The van der Waals surface area contributed by atoms with E-state index in [2.05, 4.69) is 26.1 Å². The summed E-state index contributed by atoms with van der Waals surface area (Å²) in [6.07, 6.45) is 3.09. The molecule has 24 heavy (non-hydrogen) atoms. The molecule has 0 unspecified atom stereocenters. The summed E-state index contributed by atoms with van der Waals surface area (Å²) in [4.78, 5) is 24.2. The van der Waals surface area contributed by atoms with Gasteiger partial charge in [0, 0.05) is 0 Å². The fraction of sp³-hybridized carbons (Fsp3) is 0.579. The Morgan fingerprint density at radius 3 is 2.67 bits per heavy atom. The van der Waals surface area contributed by atoms with Gasteiger partial charge in [-0.2, -0.15) is 0 Å². The number of carbonyl (C=O) groups is 2. The highest BCUT2D eigenvalue weighted by Crippen LogP contribution is 2.36. The van der Waals surface area contributed by atoms with Gasteiger partial charge in [0.2, 0.25) is 5.91 Å². The number of amides is 1. The van der Waals surface area contributed by atoms with Crippen molar-refractivity contribution in [3.63, 3.8) is 0 Å². The van der Waals surface area contributed by atoms with E-state index in [9.17, 15) is 9.59 Å². The number of carbonyl (C=O) groups excluding carboxylic acids is 2. The van der Waals surface area contributed by atoms with Gasteiger partial charge in [0.25, 0.3) is 0 Å². The van der Waals surface area contributed by atoms with E-state index < -0.39 is 0 Å². The van der Waals surface area contributed by atoms with Gasteiger partial charge in [0.1, 0.15) is 12.0 Å². The van der Waals surface area contributed by atoms with Gasteiger partial charge >= 0.3 is 5.97 Å². The van der Waals surface area contributed by atoms with Crippen LogP contribution in [0, 0.1) is 17.8 Å². The minimum atomic E-state index is -0.384. The van der Waals surface area contributed by atoms with Crippen LogP contribution in [0.2, 0.25) is 0 Å². The monoisotopic (exact) mass is 351 g/mol. The van der Waals surface area contributed by atoms with Gasteiger partial charge in [-0.25, -0.2) is 4.79 Å². The molecule has 0 spiro atoms. The molecule has 0 heterocycles. The second-order valence-corrected chi connectivity index (χ2v) is 7.26. The standard InChI is InChI=1S/C19H26ClNO3/c1-12(2)14-9-8-13(3)10-17(14)24-19(23)15-6-4-5-7-16(15)21-18(22)11-20/h4-7,12-14,17H,8-11H2,1-3H3,(H,21,22)/t13-,14+,17+/m0/s1. The third kappa shape index (κ3) is 4.73. The fourth-order valence-corrected chi connectivity index (χ4v) is 3.47. The Hall–Kier alpha value is -1.55. The molecule has 4 nitrogen and oxygen atoms in total. The van der Waals surface area contributed by atoms with Crippen LogP contribution < -0.4 is 5.32 Å². The number of nitrogens with one attached hydrogen (secondary N) is 1. The van der Waals surface area contributed by atoms with E-state index in [1.807, 2.05) is 0 Å². The molecule has 2 rings (SSSR count). The molecule has 1 saturated carbocycles. The summed E-state index contributed by atoms with van der Waals surface area (Å²) in [7, 11) is 0. The quantitative estimate of drug-likeness (QED) is 0.628. The number of alkyl halides is 1. The van der Waals surface area contributed by atoms with E-state index in [0.717, 1.165) is 12.8 Å². The molecule has 1 amide bonds. The van der Waals surface area contributed by atoms with Gasteiger partial charge < -0.3 is 10.1 Å². The molecule has 1 fully saturated rings. The molecule has 0 radical (unpaired) electrons. The Labute approximate surface area is 148 Å². The van der Waals surface area contributed by atoms with Gasteiger partial charge in [-0.15, -0.1) is 11.6 Å². The van der Waals surface area contributed by atoms with Crippen LogP contribution in [-0.4, -0.2) is 23.9 Å². The molecule has 1 aliphatic rings. The van der Waals surface area contributed by atoms with Crippen molar-refractivity contribution in [2.45, 2.75) is 46.1 Å². The van der Waals surface area contributed by atoms with Crippen LogP contribution in [0.25, 0.3) is 0 Å². The number of esters is 1. The molecule has 1 aliphatic carbocycles. The molecular formula is C19H26ClNO3. The number of ether oxygens (including phenoxy) is 1. The summed E-state index contributed by atoms with van der Waals surface area (Å²) in [5, 5.41) is 2.65. The zero-order valence-corrected chi connectivity index (χ0v) is 15.3. The van der Waals surface area contributed by atoms with Crippen LogP contribution >= 0.6 is 11.6 Å². The molecule has 1 N–H and O–H groups in total. The SMILES string of the molecule is CC(C)[C@H]1CC[C@H](C)C[C@H]1OC(=O)c1ccccc1NC(=O)CCl. The van der Waals surface area contributed by atoms with E-state index in [1.54, 1.807) is 24.3 Å². The van der Waals surface area contributed by atoms with Crippen LogP contribution in [0.3, 0.4) is 0 Å². The number of para-hydroxylation sites is 1. The Balaban J connectivity index is 2.15. The van der Waals surface area contributed by atoms with Crippen LogP contribution in [0.5, 0.6) is 0 Å². The largest absolute Gasteiger partial charge is 0.458 e. The first-order valence-electron chi connectivity index (χ1n) is 8.58. The summed E-state index contributed by atoms with van der Waals surface area (Å²) in [6, 6.07) is 6.88. The predicted molar refractivity (Wildman–Crippen MR) is 96.3 cm³/mol. The van der Waals surface area contributed by atoms with E-state index >= 15 is 0 Å². The summed E-state index contributed by atoms with van der Waals surface area (Å²) in [6.45, 7) is 6.55. The first-order chi connectivity index (χ1) is 11.4. The van der Waals surface area contributed by atoms with Gasteiger partial charge in [-0.05, 0) is 42.7 Å². The van der Waals surface area contributed by atoms with Crippen molar-refractivity contribution in [1.82, 2.24) is 0 Å². The lowest BCUT2D eigenvalue weighted by Gasteiger charge is -2.36. The Morgan fingerprint density at radius 1 is 1.29 bits per heavy atom. The third-order valence-corrected chi connectivity index (χ3v) is 5.00.